The van der Waals surface area contributed by atoms with Crippen LogP contribution in [0, 0.1) is 28.6 Å². The van der Waals surface area contributed by atoms with Crippen molar-refractivity contribution in [1.29, 1.82) is 0 Å². The number of fused-ring (bicyclic) bond motifs is 6. The minimum absolute atomic E-state index is 0.0281. The lowest BCUT2D eigenvalue weighted by molar-refractivity contribution is -0.0315. The lowest BCUT2D eigenvalue weighted by Crippen LogP contribution is -2.50. The van der Waals surface area contributed by atoms with Gasteiger partial charge >= 0.3 is 5.97 Å². The second kappa shape index (κ2) is 8.41. The van der Waals surface area contributed by atoms with Crippen LogP contribution in [-0.4, -0.2) is 26.6 Å². The normalized spacial score (nSPS) is 34.6. The van der Waals surface area contributed by atoms with Gasteiger partial charge in [0.25, 0.3) is 0 Å². The van der Waals surface area contributed by atoms with Gasteiger partial charge in [0.1, 0.15) is 12.4 Å². The number of imidazole rings is 1. The summed E-state index contributed by atoms with van der Waals surface area (Å²) < 4.78 is 8.32. The molecular weight excluding hydrogens is 458 g/mol. The number of ether oxygens (including phenoxy) is 1. The summed E-state index contributed by atoms with van der Waals surface area (Å²) >= 11 is 0. The highest BCUT2D eigenvalue weighted by Crippen LogP contribution is 2.65. The molecule has 5 heteroatoms. The molecular formula is C32H35N3O2. The van der Waals surface area contributed by atoms with Crippen molar-refractivity contribution in [3.05, 3.63) is 78.4 Å². The lowest BCUT2D eigenvalue weighted by Gasteiger charge is -2.57. The number of nitrogens with zero attached hydrogens (tertiary/aromatic N) is 3. The van der Waals surface area contributed by atoms with Gasteiger partial charge in [-0.1, -0.05) is 43.7 Å². The molecule has 1 aromatic carbocycles. The summed E-state index contributed by atoms with van der Waals surface area (Å²) in [4.78, 5) is 21.4. The predicted molar refractivity (Wildman–Crippen MR) is 145 cm³/mol. The minimum atomic E-state index is -0.227. The van der Waals surface area contributed by atoms with Crippen LogP contribution in [0.5, 0.6) is 0 Å². The molecule has 2 saturated carbocycles. The third-order valence-corrected chi connectivity index (χ3v) is 10.5. The molecule has 0 bridgehead atoms. The number of pyridine rings is 1. The number of carbonyl (C=O) groups is 1. The molecule has 3 aromatic rings. The molecule has 5 nitrogen and oxygen atoms in total. The van der Waals surface area contributed by atoms with Crippen molar-refractivity contribution in [2.45, 2.75) is 64.9 Å². The van der Waals surface area contributed by atoms with Gasteiger partial charge < -0.3 is 9.30 Å². The molecule has 37 heavy (non-hydrogen) atoms. The number of carbonyl (C=O) groups excluding carboxylic acids is 1. The monoisotopic (exact) mass is 493 g/mol. The van der Waals surface area contributed by atoms with E-state index in [0.29, 0.717) is 23.3 Å². The van der Waals surface area contributed by atoms with Gasteiger partial charge in [-0.05, 0) is 86.0 Å². The maximum atomic E-state index is 12.7. The third kappa shape index (κ3) is 3.46. The van der Waals surface area contributed by atoms with Crippen molar-refractivity contribution in [2.75, 3.05) is 0 Å². The van der Waals surface area contributed by atoms with Gasteiger partial charge in [0.15, 0.2) is 0 Å². The van der Waals surface area contributed by atoms with Gasteiger partial charge in [-0.15, -0.1) is 0 Å². The summed E-state index contributed by atoms with van der Waals surface area (Å²) in [6.07, 6.45) is 18.1. The Morgan fingerprint density at radius 1 is 0.973 bits per heavy atom. The van der Waals surface area contributed by atoms with Crippen molar-refractivity contribution in [2.24, 2.45) is 28.6 Å². The number of allylic oxidation sites excluding steroid dienone is 3. The summed E-state index contributed by atoms with van der Waals surface area (Å²) in [6.45, 7) is 5.02. The highest BCUT2D eigenvalue weighted by Gasteiger charge is 2.57. The molecule has 4 aliphatic carbocycles. The zero-order valence-corrected chi connectivity index (χ0v) is 21.8. The fraction of sp³-hybridized carbons (Fsp3) is 0.469. The predicted octanol–water partition coefficient (Wildman–Crippen LogP) is 7.07. The first-order chi connectivity index (χ1) is 18.0. The smallest absolute Gasteiger partial charge is 0.338 e. The van der Waals surface area contributed by atoms with Gasteiger partial charge in [-0.25, -0.2) is 9.78 Å². The first-order valence-corrected chi connectivity index (χ1v) is 13.9. The fourth-order valence-electron chi connectivity index (χ4n) is 8.50. The molecule has 6 atom stereocenters. The van der Waals surface area contributed by atoms with Crippen LogP contribution in [0.25, 0.3) is 16.7 Å². The summed E-state index contributed by atoms with van der Waals surface area (Å²) in [5, 5.41) is 0. The van der Waals surface area contributed by atoms with Crippen LogP contribution in [0.3, 0.4) is 0 Å². The average Bonchev–Trinajstić information content (AvgIpc) is 3.49. The van der Waals surface area contributed by atoms with E-state index in [1.807, 2.05) is 6.33 Å². The maximum absolute atomic E-state index is 12.7. The Bertz CT molecular complexity index is 1420. The second-order valence-electron chi connectivity index (χ2n) is 12.1. The van der Waals surface area contributed by atoms with Crippen LogP contribution in [0.4, 0.5) is 0 Å². The molecule has 7 rings (SSSR count). The molecule has 0 radical (unpaired) electrons. The average molecular weight is 494 g/mol. The van der Waals surface area contributed by atoms with Crippen LogP contribution in [0.2, 0.25) is 0 Å². The zero-order valence-electron chi connectivity index (χ0n) is 21.8. The van der Waals surface area contributed by atoms with Crippen LogP contribution in [-0.2, 0) is 4.74 Å². The number of hydrogen-bond acceptors (Lipinski definition) is 4. The fourth-order valence-corrected chi connectivity index (χ4v) is 8.50. The van der Waals surface area contributed by atoms with Crippen LogP contribution < -0.4 is 0 Å². The Kier molecular flexibility index (Phi) is 5.21. The van der Waals surface area contributed by atoms with E-state index in [2.05, 4.69) is 59.8 Å². The standard InChI is InChI=1S/C32H35N3O2/c1-31-15-11-23(37-30(36)21-13-17-33-18-14-21)19-22(31)7-8-24-25-9-10-29(32(25,2)16-12-26(24)31)35-20-34-27-5-3-4-6-28(27)35/h3-7,10,13-14,17-18,20,23-26H,8-9,11-12,15-16,19H2,1-2H3. The topological polar surface area (TPSA) is 57.0 Å². The molecule has 6 unspecified atom stereocenters. The highest BCUT2D eigenvalue weighted by atomic mass is 16.5. The van der Waals surface area contributed by atoms with E-state index in [1.54, 1.807) is 24.5 Å². The van der Waals surface area contributed by atoms with Gasteiger partial charge in [0.05, 0.1) is 16.6 Å². The van der Waals surface area contributed by atoms with Crippen molar-refractivity contribution in [3.8, 4) is 0 Å². The Balaban J connectivity index is 1.11. The van der Waals surface area contributed by atoms with E-state index in [-0.39, 0.29) is 22.9 Å². The quantitative estimate of drug-likeness (QED) is 0.289. The van der Waals surface area contributed by atoms with Crippen molar-refractivity contribution in [1.82, 2.24) is 14.5 Å². The molecule has 2 aromatic heterocycles. The largest absolute Gasteiger partial charge is 0.458 e. The molecule has 0 saturated heterocycles. The third-order valence-electron chi connectivity index (χ3n) is 10.5. The minimum Gasteiger partial charge on any atom is -0.458 e. The van der Waals surface area contributed by atoms with Crippen LogP contribution >= 0.6 is 0 Å². The molecule has 4 aliphatic rings. The van der Waals surface area contributed by atoms with E-state index in [0.717, 1.165) is 37.6 Å². The molecule has 0 aliphatic heterocycles. The van der Waals surface area contributed by atoms with Crippen LogP contribution in [0.15, 0.2) is 72.8 Å². The number of benzene rings is 1. The number of esters is 1. The van der Waals surface area contributed by atoms with Gasteiger partial charge in [0, 0.05) is 29.9 Å². The first-order valence-electron chi connectivity index (χ1n) is 13.9. The molecule has 190 valence electrons. The van der Waals surface area contributed by atoms with Gasteiger partial charge in [-0.3, -0.25) is 4.98 Å². The maximum Gasteiger partial charge on any atom is 0.338 e. The van der Waals surface area contributed by atoms with Crippen LogP contribution in [0.1, 0.15) is 69.2 Å². The number of hydrogen-bond donors (Lipinski definition) is 0. The van der Waals surface area contributed by atoms with Gasteiger partial charge in [0.2, 0.25) is 0 Å². The SMILES string of the molecule is CC12CCC(OC(=O)c3ccncc3)CC1=CCC1C2CCC2(C)C(n3cnc4ccccc43)=CCC12. The summed E-state index contributed by atoms with van der Waals surface area (Å²) in [7, 11) is 0. The molecule has 0 spiro atoms. The summed E-state index contributed by atoms with van der Waals surface area (Å²) in [6, 6.07) is 12.0. The lowest BCUT2D eigenvalue weighted by atomic mass is 9.47. The molecule has 0 amide bonds. The first kappa shape index (κ1) is 22.9. The zero-order chi connectivity index (χ0) is 25.2. The van der Waals surface area contributed by atoms with Crippen molar-refractivity contribution >= 4 is 22.7 Å². The molecule has 2 heterocycles. The second-order valence-corrected chi connectivity index (χ2v) is 12.1. The van der Waals surface area contributed by atoms with Gasteiger partial charge in [-0.2, -0.15) is 0 Å². The summed E-state index contributed by atoms with van der Waals surface area (Å²) in [5.41, 5.74) is 6.26. The van der Waals surface area contributed by atoms with E-state index in [4.69, 9.17) is 9.72 Å². The van der Waals surface area contributed by atoms with E-state index in [9.17, 15) is 4.79 Å². The van der Waals surface area contributed by atoms with Crippen molar-refractivity contribution < 1.29 is 9.53 Å². The Morgan fingerprint density at radius 2 is 1.78 bits per heavy atom. The molecule has 0 N–H and O–H groups in total. The van der Waals surface area contributed by atoms with E-state index < -0.39 is 0 Å². The van der Waals surface area contributed by atoms with E-state index in [1.165, 1.54) is 29.6 Å². The Hall–Kier alpha value is -3.21. The summed E-state index contributed by atoms with van der Waals surface area (Å²) in [5.74, 6) is 1.84. The molecule has 2 fully saturated rings. The number of aromatic nitrogens is 3. The Morgan fingerprint density at radius 3 is 2.65 bits per heavy atom. The van der Waals surface area contributed by atoms with E-state index >= 15 is 0 Å². The highest BCUT2D eigenvalue weighted by molar-refractivity contribution is 5.89. The number of para-hydroxylation sites is 2. The van der Waals surface area contributed by atoms with Crippen molar-refractivity contribution in [3.63, 3.8) is 0 Å². The number of rotatable bonds is 3. The Labute approximate surface area is 218 Å².